The Labute approximate surface area is 174 Å². The molecule has 2 heterocycles. The van der Waals surface area contributed by atoms with Gasteiger partial charge in [0.25, 0.3) is 0 Å². The molecule has 30 heavy (non-hydrogen) atoms. The summed E-state index contributed by atoms with van der Waals surface area (Å²) < 4.78 is 57.3. The van der Waals surface area contributed by atoms with E-state index in [-0.39, 0.29) is 18.3 Å². The molecule has 0 spiro atoms. The summed E-state index contributed by atoms with van der Waals surface area (Å²) in [6.45, 7) is 5.96. The number of nitrogens with zero attached hydrogens (tertiary/aromatic N) is 3. The predicted octanol–water partition coefficient (Wildman–Crippen LogP) is 0.208. The minimum Gasteiger partial charge on any atom is -0.475 e. The number of aliphatic carboxylic acids is 1. The Balaban J connectivity index is 0.000000553. The molecular weight excluding hydrogens is 431 g/mol. The third-order valence-corrected chi connectivity index (χ3v) is 7.09. The molecule has 2 fully saturated rings. The minimum absolute atomic E-state index is 0.0833. The first kappa shape index (κ1) is 26.6. The highest BCUT2D eigenvalue weighted by atomic mass is 32.2. The topological polar surface area (TPSA) is 118 Å². The molecular formula is C17H30F3N3O6S. The predicted molar refractivity (Wildman–Crippen MR) is 102 cm³/mol. The number of hydrogen-bond acceptors (Lipinski definition) is 6. The van der Waals surface area contributed by atoms with Gasteiger partial charge in [-0.05, 0) is 38.3 Å². The van der Waals surface area contributed by atoms with Crippen molar-refractivity contribution in [2.75, 3.05) is 58.2 Å². The largest absolute Gasteiger partial charge is 0.490 e. The van der Waals surface area contributed by atoms with Crippen LogP contribution in [0.2, 0.25) is 0 Å². The van der Waals surface area contributed by atoms with Crippen molar-refractivity contribution < 1.29 is 41.4 Å². The van der Waals surface area contributed by atoms with Crippen molar-refractivity contribution in [1.29, 1.82) is 0 Å². The average molecular weight is 462 g/mol. The van der Waals surface area contributed by atoms with Gasteiger partial charge in [0.2, 0.25) is 15.9 Å². The molecule has 13 heteroatoms. The Bertz CT molecular complexity index is 658. The number of hydrogen-bond donors (Lipinski definition) is 2. The lowest BCUT2D eigenvalue weighted by molar-refractivity contribution is -0.192. The van der Waals surface area contributed by atoms with E-state index in [1.165, 1.54) is 4.31 Å². The van der Waals surface area contributed by atoms with E-state index in [1.807, 2.05) is 6.92 Å². The van der Waals surface area contributed by atoms with E-state index >= 15 is 0 Å². The first-order chi connectivity index (χ1) is 13.9. The summed E-state index contributed by atoms with van der Waals surface area (Å²) in [6.07, 6.45) is -2.59. The van der Waals surface area contributed by atoms with Crippen LogP contribution in [0.25, 0.3) is 0 Å². The number of rotatable bonds is 6. The van der Waals surface area contributed by atoms with Crippen molar-refractivity contribution in [2.45, 2.75) is 32.4 Å². The highest BCUT2D eigenvalue weighted by Gasteiger charge is 2.38. The fourth-order valence-corrected chi connectivity index (χ4v) is 4.71. The van der Waals surface area contributed by atoms with E-state index < -0.39 is 22.2 Å². The molecule has 2 saturated heterocycles. The average Bonchev–Trinajstić information content (AvgIpc) is 2.68. The first-order valence-electron chi connectivity index (χ1n) is 9.79. The monoisotopic (exact) mass is 461 g/mol. The number of piperidine rings is 1. The fraction of sp³-hybridized carbons (Fsp3) is 0.882. The molecule has 0 unspecified atom stereocenters. The normalized spacial score (nSPS) is 19.8. The summed E-state index contributed by atoms with van der Waals surface area (Å²) in [4.78, 5) is 25.2. The molecule has 0 atom stereocenters. The Hall–Kier alpha value is -1.44. The molecule has 2 aliphatic rings. The van der Waals surface area contributed by atoms with E-state index in [1.54, 1.807) is 4.90 Å². The van der Waals surface area contributed by atoms with Gasteiger partial charge in [0, 0.05) is 32.8 Å². The lowest BCUT2D eigenvalue weighted by Gasteiger charge is -2.36. The fourth-order valence-electron chi connectivity index (χ4n) is 3.22. The molecule has 2 N–H and O–H groups in total. The third kappa shape index (κ3) is 8.74. The summed E-state index contributed by atoms with van der Waals surface area (Å²) in [5, 5.41) is 16.3. The van der Waals surface area contributed by atoms with Crippen molar-refractivity contribution in [3.05, 3.63) is 0 Å². The number of carbonyl (C=O) groups excluding carboxylic acids is 1. The van der Waals surface area contributed by atoms with Crippen LogP contribution in [0.1, 0.15) is 26.2 Å². The molecule has 9 nitrogen and oxygen atoms in total. The molecule has 2 aliphatic heterocycles. The van der Waals surface area contributed by atoms with Gasteiger partial charge < -0.3 is 15.1 Å². The van der Waals surface area contributed by atoms with Crippen LogP contribution in [-0.4, -0.2) is 109 Å². The molecule has 176 valence electrons. The number of halogens is 3. The van der Waals surface area contributed by atoms with Crippen molar-refractivity contribution in [3.8, 4) is 0 Å². The van der Waals surface area contributed by atoms with E-state index in [9.17, 15) is 26.4 Å². The number of carboxylic acid groups (broad SMARTS) is 1. The molecule has 0 aromatic carbocycles. The summed E-state index contributed by atoms with van der Waals surface area (Å²) in [5.74, 6) is -2.12. The van der Waals surface area contributed by atoms with Gasteiger partial charge in [0.15, 0.2) is 0 Å². The quantitative estimate of drug-likeness (QED) is 0.580. The van der Waals surface area contributed by atoms with Crippen molar-refractivity contribution in [1.82, 2.24) is 14.1 Å². The second-order valence-corrected chi connectivity index (χ2v) is 9.39. The smallest absolute Gasteiger partial charge is 0.475 e. The molecule has 0 aromatic heterocycles. The van der Waals surface area contributed by atoms with Crippen LogP contribution in [0.4, 0.5) is 13.2 Å². The van der Waals surface area contributed by atoms with Crippen molar-refractivity contribution >= 4 is 21.9 Å². The van der Waals surface area contributed by atoms with E-state index in [0.717, 1.165) is 25.9 Å². The van der Waals surface area contributed by atoms with Crippen LogP contribution in [-0.2, 0) is 19.6 Å². The van der Waals surface area contributed by atoms with Gasteiger partial charge >= 0.3 is 12.1 Å². The van der Waals surface area contributed by atoms with Crippen molar-refractivity contribution in [3.63, 3.8) is 0 Å². The molecule has 2 rings (SSSR count). The molecule has 0 bridgehead atoms. The number of aliphatic hydroxyl groups excluding tert-OH is 1. The number of carbonyl (C=O) groups is 2. The van der Waals surface area contributed by atoms with E-state index in [0.29, 0.717) is 45.1 Å². The molecule has 0 aliphatic carbocycles. The summed E-state index contributed by atoms with van der Waals surface area (Å²) >= 11 is 0. The lowest BCUT2D eigenvalue weighted by atomic mass is 9.98. The molecule has 1 amide bonds. The molecule has 0 radical (unpaired) electrons. The van der Waals surface area contributed by atoms with Gasteiger partial charge in [0.1, 0.15) is 0 Å². The van der Waals surface area contributed by atoms with Gasteiger partial charge in [-0.2, -0.15) is 17.5 Å². The highest BCUT2D eigenvalue weighted by Crippen LogP contribution is 2.17. The second kappa shape index (κ2) is 11.8. The summed E-state index contributed by atoms with van der Waals surface area (Å²) in [6, 6.07) is 0. The standard InChI is InChI=1S/C15H29N3O4S.C2HF3O2/c1-2-11-23(21,22)18-9-7-17(8-10-18)15(20)12-16-5-3-14(13-19)4-6-16;3-2(4,5)1(6)7/h14,19H,2-13H2,1H3;(H,6,7). The van der Waals surface area contributed by atoms with Crippen LogP contribution >= 0.6 is 0 Å². The van der Waals surface area contributed by atoms with Gasteiger partial charge in [-0.1, -0.05) is 6.92 Å². The zero-order chi connectivity index (χ0) is 22.9. The van der Waals surface area contributed by atoms with Crippen molar-refractivity contribution in [2.24, 2.45) is 5.92 Å². The van der Waals surface area contributed by atoms with Gasteiger partial charge in [-0.25, -0.2) is 13.2 Å². The Kier molecular flexibility index (Phi) is 10.5. The number of amides is 1. The number of carboxylic acids is 1. The Morgan fingerprint density at radius 1 is 1.03 bits per heavy atom. The van der Waals surface area contributed by atoms with Crippen LogP contribution in [0.5, 0.6) is 0 Å². The lowest BCUT2D eigenvalue weighted by Crippen LogP contribution is -2.53. The summed E-state index contributed by atoms with van der Waals surface area (Å²) in [7, 11) is -3.16. The minimum atomic E-state index is -5.08. The maximum Gasteiger partial charge on any atom is 0.490 e. The summed E-state index contributed by atoms with van der Waals surface area (Å²) in [5.41, 5.74) is 0. The van der Waals surface area contributed by atoms with Crippen LogP contribution < -0.4 is 0 Å². The maximum absolute atomic E-state index is 12.4. The second-order valence-electron chi connectivity index (χ2n) is 7.30. The maximum atomic E-state index is 12.4. The Morgan fingerprint density at radius 2 is 1.53 bits per heavy atom. The number of likely N-dealkylation sites (tertiary alicyclic amines) is 1. The molecule has 0 aromatic rings. The van der Waals surface area contributed by atoms with Crippen LogP contribution in [0.3, 0.4) is 0 Å². The first-order valence-corrected chi connectivity index (χ1v) is 11.4. The number of sulfonamides is 1. The number of aliphatic hydroxyl groups is 1. The van der Waals surface area contributed by atoms with Gasteiger partial charge in [-0.3, -0.25) is 9.69 Å². The molecule has 0 saturated carbocycles. The number of alkyl halides is 3. The van der Waals surface area contributed by atoms with Crippen LogP contribution in [0.15, 0.2) is 0 Å². The number of piperazine rings is 1. The van der Waals surface area contributed by atoms with Gasteiger partial charge in [0.05, 0.1) is 12.3 Å². The third-order valence-electron chi connectivity index (χ3n) is 5.01. The van der Waals surface area contributed by atoms with Crippen LogP contribution in [0, 0.1) is 5.92 Å². The Morgan fingerprint density at radius 3 is 1.93 bits per heavy atom. The SMILES string of the molecule is CCCS(=O)(=O)N1CCN(C(=O)CN2CCC(CO)CC2)CC1.O=C(O)C(F)(F)F. The van der Waals surface area contributed by atoms with E-state index in [4.69, 9.17) is 15.0 Å². The zero-order valence-electron chi connectivity index (χ0n) is 17.0. The van der Waals surface area contributed by atoms with E-state index in [2.05, 4.69) is 4.90 Å². The highest BCUT2D eigenvalue weighted by molar-refractivity contribution is 7.89. The van der Waals surface area contributed by atoms with Gasteiger partial charge in [-0.15, -0.1) is 0 Å². The zero-order valence-corrected chi connectivity index (χ0v) is 17.8.